The summed E-state index contributed by atoms with van der Waals surface area (Å²) in [5, 5.41) is 0. The number of hydrogen-bond donors (Lipinski definition) is 2. The lowest BCUT2D eigenvalue weighted by molar-refractivity contribution is 0.542. The van der Waals surface area contributed by atoms with E-state index in [0.717, 1.165) is 0 Å². The smallest absolute Gasteiger partial charge is 0.187 e. The summed E-state index contributed by atoms with van der Waals surface area (Å²) in [5.74, 6) is 0. The molecule has 0 unspecified atom stereocenters. The largest absolute Gasteiger partial charge is 0.454 e. The summed E-state index contributed by atoms with van der Waals surface area (Å²) in [6, 6.07) is 0. The Kier molecular flexibility index (Phi) is 3.92. The van der Waals surface area contributed by atoms with Crippen LogP contribution >= 0.6 is 0 Å². The highest BCUT2D eigenvalue weighted by atomic mass is 28.4. The number of rotatable bonds is 4. The van der Waals surface area contributed by atoms with Crippen LogP contribution in [-0.2, 0) is 4.12 Å². The molecule has 0 aliphatic rings. The molecule has 0 rings (SSSR count). The topological polar surface area (TPSA) is 61.3 Å². The Morgan fingerprint density at radius 3 is 1.36 bits per heavy atom. The highest BCUT2D eigenvalue weighted by molar-refractivity contribution is 6.85. The Labute approximate surface area is 71.4 Å². The molecule has 0 aromatic rings. The van der Waals surface area contributed by atoms with Crippen LogP contribution < -0.4 is 11.5 Å². The second-order valence-corrected chi connectivity index (χ2v) is 12.7. The zero-order valence-electron chi connectivity index (χ0n) is 7.98. The molecule has 0 aromatic carbocycles. The summed E-state index contributed by atoms with van der Waals surface area (Å²) in [5.41, 5.74) is 11.2. The van der Waals surface area contributed by atoms with Crippen molar-refractivity contribution >= 4 is 16.6 Å². The van der Waals surface area contributed by atoms with E-state index in [0.29, 0.717) is 12.3 Å². The van der Waals surface area contributed by atoms with E-state index in [9.17, 15) is 0 Å². The maximum absolute atomic E-state index is 5.95. The first kappa shape index (κ1) is 11.3. The van der Waals surface area contributed by atoms with Gasteiger partial charge in [0.1, 0.15) is 0 Å². The van der Waals surface area contributed by atoms with Crippen LogP contribution in [-0.4, -0.2) is 29.0 Å². The first-order chi connectivity index (χ1) is 4.83. The van der Waals surface area contributed by atoms with Gasteiger partial charge in [0.05, 0.1) is 0 Å². The molecule has 11 heavy (non-hydrogen) atoms. The van der Waals surface area contributed by atoms with Crippen molar-refractivity contribution in [3.8, 4) is 0 Å². The maximum Gasteiger partial charge on any atom is 0.187 e. The fourth-order valence-electron chi connectivity index (χ4n) is 0.831. The molecule has 0 atom stereocenters. The SMILES string of the molecule is C[Si](C)(CN)O[Si](C)(C)CN. The summed E-state index contributed by atoms with van der Waals surface area (Å²) >= 11 is 0. The van der Waals surface area contributed by atoms with Crippen molar-refractivity contribution in [1.29, 1.82) is 0 Å². The van der Waals surface area contributed by atoms with E-state index in [-0.39, 0.29) is 0 Å². The van der Waals surface area contributed by atoms with Gasteiger partial charge < -0.3 is 15.6 Å². The first-order valence-electron chi connectivity index (χ1n) is 3.93. The van der Waals surface area contributed by atoms with Crippen LogP contribution in [0.4, 0.5) is 0 Å². The number of hydrogen-bond acceptors (Lipinski definition) is 3. The van der Waals surface area contributed by atoms with Crippen molar-refractivity contribution < 1.29 is 4.12 Å². The normalized spacial score (nSPS) is 13.6. The fourth-order valence-corrected chi connectivity index (χ4v) is 7.48. The van der Waals surface area contributed by atoms with E-state index in [1.807, 2.05) is 0 Å². The van der Waals surface area contributed by atoms with Crippen molar-refractivity contribution in [1.82, 2.24) is 0 Å². The van der Waals surface area contributed by atoms with Crippen LogP contribution in [0.2, 0.25) is 26.2 Å². The molecule has 0 saturated carbocycles. The van der Waals surface area contributed by atoms with Crippen molar-refractivity contribution in [2.75, 3.05) is 12.3 Å². The second-order valence-electron chi connectivity index (χ2n) is 4.03. The summed E-state index contributed by atoms with van der Waals surface area (Å²) in [6.45, 7) is 8.55. The average molecular weight is 192 g/mol. The van der Waals surface area contributed by atoms with Gasteiger partial charge in [0.2, 0.25) is 0 Å². The molecule has 0 aliphatic heterocycles. The quantitative estimate of drug-likeness (QED) is 0.634. The zero-order chi connectivity index (χ0) is 9.12. The fraction of sp³-hybridized carbons (Fsp3) is 1.00. The molecule has 5 heteroatoms. The molecule has 0 spiro atoms. The van der Waals surface area contributed by atoms with Gasteiger partial charge in [0.15, 0.2) is 16.6 Å². The minimum atomic E-state index is -1.57. The summed E-state index contributed by atoms with van der Waals surface area (Å²) in [4.78, 5) is 0. The monoisotopic (exact) mass is 192 g/mol. The third-order valence-corrected chi connectivity index (χ3v) is 7.92. The molecule has 0 saturated heterocycles. The molecule has 0 heterocycles. The zero-order valence-corrected chi connectivity index (χ0v) is 9.98. The molecule has 0 bridgehead atoms. The van der Waals surface area contributed by atoms with Gasteiger partial charge in [-0.2, -0.15) is 0 Å². The lowest BCUT2D eigenvalue weighted by atomic mass is 11.5. The van der Waals surface area contributed by atoms with Gasteiger partial charge in [0.25, 0.3) is 0 Å². The molecule has 4 N–H and O–H groups in total. The van der Waals surface area contributed by atoms with Crippen LogP contribution in [0.1, 0.15) is 0 Å². The highest BCUT2D eigenvalue weighted by Crippen LogP contribution is 2.11. The molecule has 68 valence electrons. The van der Waals surface area contributed by atoms with Crippen LogP contribution in [0.25, 0.3) is 0 Å². The van der Waals surface area contributed by atoms with Crippen LogP contribution in [0.3, 0.4) is 0 Å². The lowest BCUT2D eigenvalue weighted by Gasteiger charge is -2.31. The number of nitrogens with two attached hydrogens (primary N) is 2. The predicted octanol–water partition coefficient (Wildman–Crippen LogP) is 0.409. The molecule has 0 aromatic heterocycles. The standard InChI is InChI=1S/C6H20N2OSi2/c1-10(2,5-7)9-11(3,4)6-8/h5-8H2,1-4H3. The van der Waals surface area contributed by atoms with E-state index >= 15 is 0 Å². The molecular weight excluding hydrogens is 172 g/mol. The summed E-state index contributed by atoms with van der Waals surface area (Å²) in [6.07, 6.45) is 1.37. The molecule has 0 fully saturated rings. The predicted molar refractivity (Wildman–Crippen MR) is 54.2 cm³/mol. The summed E-state index contributed by atoms with van der Waals surface area (Å²) in [7, 11) is -3.15. The van der Waals surface area contributed by atoms with Gasteiger partial charge in [-0.15, -0.1) is 0 Å². The highest BCUT2D eigenvalue weighted by Gasteiger charge is 2.30. The van der Waals surface area contributed by atoms with Gasteiger partial charge in [-0.25, -0.2) is 0 Å². The molecule has 0 radical (unpaired) electrons. The molecule has 0 aliphatic carbocycles. The Bertz CT molecular complexity index is 114. The van der Waals surface area contributed by atoms with E-state index in [1.165, 1.54) is 0 Å². The minimum Gasteiger partial charge on any atom is -0.454 e. The van der Waals surface area contributed by atoms with Gasteiger partial charge in [-0.1, -0.05) is 0 Å². The lowest BCUT2D eigenvalue weighted by Crippen LogP contribution is -2.53. The second kappa shape index (κ2) is 3.82. The first-order valence-corrected chi connectivity index (χ1v) is 10.2. The van der Waals surface area contributed by atoms with Crippen LogP contribution in [0.5, 0.6) is 0 Å². The van der Waals surface area contributed by atoms with Crippen molar-refractivity contribution in [3.63, 3.8) is 0 Å². The van der Waals surface area contributed by atoms with Crippen molar-refractivity contribution in [3.05, 3.63) is 0 Å². The Morgan fingerprint density at radius 2 is 1.18 bits per heavy atom. The van der Waals surface area contributed by atoms with Crippen LogP contribution in [0.15, 0.2) is 0 Å². The third kappa shape index (κ3) is 4.70. The molecule has 3 nitrogen and oxygen atoms in total. The van der Waals surface area contributed by atoms with Gasteiger partial charge in [-0.3, -0.25) is 0 Å². The third-order valence-electron chi connectivity index (χ3n) is 1.54. The molecular formula is C6H20N2OSi2. The van der Waals surface area contributed by atoms with Gasteiger partial charge >= 0.3 is 0 Å². The summed E-state index contributed by atoms with van der Waals surface area (Å²) < 4.78 is 5.95. The van der Waals surface area contributed by atoms with E-state index in [4.69, 9.17) is 15.6 Å². The Hall–Kier alpha value is 0.314. The van der Waals surface area contributed by atoms with Crippen molar-refractivity contribution in [2.45, 2.75) is 26.2 Å². The Morgan fingerprint density at radius 1 is 0.909 bits per heavy atom. The Balaban J connectivity index is 4.02. The maximum atomic E-state index is 5.95. The van der Waals surface area contributed by atoms with Gasteiger partial charge in [-0.05, 0) is 26.2 Å². The average Bonchev–Trinajstić information content (AvgIpc) is 1.86. The van der Waals surface area contributed by atoms with E-state index < -0.39 is 16.6 Å². The van der Waals surface area contributed by atoms with Crippen molar-refractivity contribution in [2.24, 2.45) is 11.5 Å². The van der Waals surface area contributed by atoms with E-state index in [1.54, 1.807) is 0 Å². The minimum absolute atomic E-state index is 0.684. The molecule has 0 amide bonds. The van der Waals surface area contributed by atoms with Gasteiger partial charge in [0, 0.05) is 12.3 Å². The van der Waals surface area contributed by atoms with E-state index in [2.05, 4.69) is 26.2 Å². The van der Waals surface area contributed by atoms with Crippen LogP contribution in [0, 0.1) is 0 Å².